The lowest BCUT2D eigenvalue weighted by Crippen LogP contribution is -2.40. The maximum absolute atomic E-state index is 12.6. The minimum atomic E-state index is -0.0666. The number of phenolic OH excluding ortho intramolecular Hbond substituents is 1. The highest BCUT2D eigenvalue weighted by Gasteiger charge is 2.33. The molecular formula is C23H31N2O4+. The van der Waals surface area contributed by atoms with Crippen LogP contribution in [0.3, 0.4) is 0 Å². The average Bonchev–Trinajstić information content (AvgIpc) is 3.14. The smallest absolute Gasteiger partial charge is 0.296 e. The van der Waals surface area contributed by atoms with Crippen LogP contribution >= 0.6 is 0 Å². The van der Waals surface area contributed by atoms with Crippen LogP contribution in [-0.2, 0) is 24.2 Å². The number of hydrogen-bond acceptors (Lipinski definition) is 4. The Morgan fingerprint density at radius 2 is 2.07 bits per heavy atom. The molecule has 2 aromatic carbocycles. The molecule has 0 atom stereocenters. The quantitative estimate of drug-likeness (QED) is 0.528. The molecule has 0 spiro atoms. The highest BCUT2D eigenvalue weighted by molar-refractivity contribution is 5.96. The lowest BCUT2D eigenvalue weighted by molar-refractivity contribution is 0.0929. The van der Waals surface area contributed by atoms with Gasteiger partial charge in [-0.3, -0.25) is 9.69 Å². The molecule has 0 radical (unpaired) electrons. The minimum Gasteiger partial charge on any atom is -0.591 e. The van der Waals surface area contributed by atoms with E-state index in [0.717, 1.165) is 42.6 Å². The Morgan fingerprint density at radius 1 is 1.28 bits per heavy atom. The first kappa shape index (κ1) is 21.1. The first-order valence-electron chi connectivity index (χ1n) is 9.98. The summed E-state index contributed by atoms with van der Waals surface area (Å²) in [6.45, 7) is 7.00. The van der Waals surface area contributed by atoms with Crippen LogP contribution in [0, 0.1) is 0 Å². The van der Waals surface area contributed by atoms with Crippen LogP contribution in [0.1, 0.15) is 47.3 Å². The van der Waals surface area contributed by atoms with Crippen molar-refractivity contribution in [1.82, 2.24) is 10.2 Å². The third-order valence-corrected chi connectivity index (χ3v) is 5.76. The molecule has 156 valence electrons. The Kier molecular flexibility index (Phi) is 6.45. The van der Waals surface area contributed by atoms with E-state index in [1.807, 2.05) is 18.2 Å². The standard InChI is InChI=1S/C23H30N2O4/c1-23(2,10-9-16-7-8-20(26)21(27)13-16)25-14-17-5-4-6-18(19(17)15-25)22(28)24-11-12-29-3/h4-8,13,26-27H,9-12,14-15H2,1-3H3,(H,24,28)/p+1. The molecule has 6 nitrogen and oxygen atoms in total. The van der Waals surface area contributed by atoms with Gasteiger partial charge in [-0.2, -0.15) is 0 Å². The van der Waals surface area contributed by atoms with E-state index in [9.17, 15) is 9.90 Å². The summed E-state index contributed by atoms with van der Waals surface area (Å²) >= 11 is 0. The molecule has 0 unspecified atom stereocenters. The summed E-state index contributed by atoms with van der Waals surface area (Å²) in [6, 6.07) is 11.1. The van der Waals surface area contributed by atoms with E-state index in [4.69, 9.17) is 9.84 Å². The van der Waals surface area contributed by atoms with Crippen molar-refractivity contribution in [3.05, 3.63) is 58.7 Å². The Labute approximate surface area is 172 Å². The van der Waals surface area contributed by atoms with Crippen LogP contribution in [0.15, 0.2) is 36.4 Å². The molecule has 1 aliphatic heterocycles. The van der Waals surface area contributed by atoms with Gasteiger partial charge in [0.25, 0.3) is 11.7 Å². The number of fused-ring (bicyclic) bond motifs is 1. The number of hydrogen-bond donors (Lipinski definition) is 2. The highest BCUT2D eigenvalue weighted by Crippen LogP contribution is 2.34. The summed E-state index contributed by atoms with van der Waals surface area (Å²) in [5.74, 6) is 0.128. The fraction of sp³-hybridized carbons (Fsp3) is 0.435. The van der Waals surface area contributed by atoms with Gasteiger partial charge in [0.1, 0.15) is 0 Å². The average molecular weight is 400 g/mol. The zero-order valence-corrected chi connectivity index (χ0v) is 17.4. The van der Waals surface area contributed by atoms with Crippen molar-refractivity contribution in [3.63, 3.8) is 0 Å². The van der Waals surface area contributed by atoms with E-state index in [0.29, 0.717) is 13.2 Å². The number of methoxy groups -OCH3 is 1. The van der Waals surface area contributed by atoms with Crippen molar-refractivity contribution < 1.29 is 19.7 Å². The largest absolute Gasteiger partial charge is 0.591 e. The number of nitrogens with one attached hydrogen (secondary N) is 1. The second kappa shape index (κ2) is 8.84. The molecule has 0 fully saturated rings. The number of nitrogens with zero attached hydrogens (tertiary/aromatic N) is 1. The van der Waals surface area contributed by atoms with Crippen LogP contribution in [0.5, 0.6) is 11.5 Å². The Balaban J connectivity index is 1.67. The van der Waals surface area contributed by atoms with E-state index < -0.39 is 0 Å². The van der Waals surface area contributed by atoms with Crippen LogP contribution in [0.4, 0.5) is 0 Å². The van der Waals surface area contributed by atoms with Crippen molar-refractivity contribution in [2.24, 2.45) is 0 Å². The number of benzene rings is 2. The van der Waals surface area contributed by atoms with Crippen LogP contribution in [0.25, 0.3) is 0 Å². The third-order valence-electron chi connectivity index (χ3n) is 5.76. The molecule has 0 saturated carbocycles. The molecule has 0 aromatic heterocycles. The predicted octanol–water partition coefficient (Wildman–Crippen LogP) is 2.93. The molecule has 1 amide bonds. The van der Waals surface area contributed by atoms with Gasteiger partial charge in [0.2, 0.25) is 5.75 Å². The van der Waals surface area contributed by atoms with Gasteiger partial charge in [0, 0.05) is 43.9 Å². The number of aromatic hydroxyl groups is 1. The highest BCUT2D eigenvalue weighted by atomic mass is 16.5. The van der Waals surface area contributed by atoms with Gasteiger partial charge in [-0.05, 0) is 55.5 Å². The lowest BCUT2D eigenvalue weighted by Gasteiger charge is -2.35. The zero-order valence-electron chi connectivity index (χ0n) is 17.4. The van der Waals surface area contributed by atoms with Crippen molar-refractivity contribution in [2.75, 3.05) is 20.3 Å². The molecule has 29 heavy (non-hydrogen) atoms. The summed E-state index contributed by atoms with van der Waals surface area (Å²) < 4.78 is 5.01. The van der Waals surface area contributed by atoms with Gasteiger partial charge >= 0.3 is 0 Å². The summed E-state index contributed by atoms with van der Waals surface area (Å²) in [5.41, 5.74) is 4.04. The molecule has 2 aromatic rings. The molecule has 1 aliphatic rings. The Morgan fingerprint density at radius 3 is 2.79 bits per heavy atom. The number of carbonyl (C=O) groups is 1. The fourth-order valence-electron chi connectivity index (χ4n) is 3.77. The second-order valence-electron chi connectivity index (χ2n) is 8.21. The van der Waals surface area contributed by atoms with Crippen molar-refractivity contribution in [3.8, 4) is 11.5 Å². The minimum absolute atomic E-state index is 0.0132. The molecule has 3 rings (SSSR count). The van der Waals surface area contributed by atoms with E-state index in [1.165, 1.54) is 5.56 Å². The monoisotopic (exact) mass is 399 g/mol. The van der Waals surface area contributed by atoms with Gasteiger partial charge < -0.3 is 20.3 Å². The number of rotatable bonds is 8. The van der Waals surface area contributed by atoms with Gasteiger partial charge in [-0.25, -0.2) is 0 Å². The zero-order chi connectivity index (χ0) is 21.0. The van der Waals surface area contributed by atoms with Crippen molar-refractivity contribution in [2.45, 2.75) is 45.3 Å². The van der Waals surface area contributed by atoms with Crippen molar-refractivity contribution >= 4 is 5.91 Å². The molecule has 1 heterocycles. The maximum Gasteiger partial charge on any atom is 0.296 e. The van der Waals surface area contributed by atoms with E-state index in [2.05, 4.69) is 30.1 Å². The van der Waals surface area contributed by atoms with Crippen LogP contribution < -0.4 is 5.32 Å². The summed E-state index contributed by atoms with van der Waals surface area (Å²) in [4.78, 5) is 15.0. The molecule has 0 saturated heterocycles. The van der Waals surface area contributed by atoms with Gasteiger partial charge in [-0.15, -0.1) is 0 Å². The predicted molar refractivity (Wildman–Crippen MR) is 113 cm³/mol. The number of phenols is 1. The van der Waals surface area contributed by atoms with Gasteiger partial charge in [-0.1, -0.05) is 18.2 Å². The molecule has 6 heteroatoms. The topological polar surface area (TPSA) is 84.7 Å². The fourth-order valence-corrected chi connectivity index (χ4v) is 3.77. The normalized spacial score (nSPS) is 14.0. The molecule has 0 bridgehead atoms. The number of carbonyl (C=O) groups excluding carboxylic acids is 1. The van der Waals surface area contributed by atoms with Gasteiger partial charge in [0.15, 0.2) is 0 Å². The number of amides is 1. The number of ether oxygens (including phenoxy) is 1. The van der Waals surface area contributed by atoms with Crippen LogP contribution in [-0.4, -0.2) is 46.8 Å². The summed E-state index contributed by atoms with van der Waals surface area (Å²) in [7, 11) is 1.62. The van der Waals surface area contributed by atoms with E-state index >= 15 is 0 Å². The van der Waals surface area contributed by atoms with Gasteiger partial charge in [0.05, 0.1) is 6.61 Å². The molecule has 4 N–H and O–H groups in total. The lowest BCUT2D eigenvalue weighted by atomic mass is 9.93. The first-order chi connectivity index (χ1) is 13.8. The Hall–Kier alpha value is -2.57. The second-order valence-corrected chi connectivity index (χ2v) is 8.21. The van der Waals surface area contributed by atoms with Crippen LogP contribution in [0.2, 0.25) is 0 Å². The molecule has 0 aliphatic carbocycles. The molecular weight excluding hydrogens is 368 g/mol. The summed E-state index contributed by atoms with van der Waals surface area (Å²) in [6.07, 6.45) is 1.75. The number of aryl methyl sites for hydroxylation is 1. The summed E-state index contributed by atoms with van der Waals surface area (Å²) in [5, 5.41) is 20.2. The maximum atomic E-state index is 12.6. The van der Waals surface area contributed by atoms with E-state index in [1.54, 1.807) is 19.2 Å². The van der Waals surface area contributed by atoms with Crippen molar-refractivity contribution in [1.29, 1.82) is 0 Å². The SMILES string of the molecule is COCCNC(=O)c1cccc2c1CN(C(C)(C)CCc1ccc(O)c([OH2+])c1)C2. The van der Waals surface area contributed by atoms with E-state index in [-0.39, 0.29) is 22.9 Å². The Bertz CT molecular complexity index is 879. The third kappa shape index (κ3) is 4.89. The first-order valence-corrected chi connectivity index (χ1v) is 9.98.